The van der Waals surface area contributed by atoms with E-state index in [9.17, 15) is 18.0 Å². The molecule has 1 atom stereocenters. The van der Waals surface area contributed by atoms with Crippen molar-refractivity contribution in [2.24, 2.45) is 5.14 Å². The number of methoxy groups -OCH3 is 1. The quantitative estimate of drug-likeness (QED) is 0.790. The van der Waals surface area contributed by atoms with Crippen LogP contribution in [0.25, 0.3) is 0 Å². The van der Waals surface area contributed by atoms with E-state index in [0.29, 0.717) is 5.56 Å². The molecular weight excluding hydrogens is 370 g/mol. The molecule has 25 heavy (non-hydrogen) atoms. The molecule has 0 aliphatic heterocycles. The van der Waals surface area contributed by atoms with E-state index in [4.69, 9.17) is 21.5 Å². The first kappa shape index (κ1) is 18.9. The largest absolute Gasteiger partial charge is 0.466 e. The van der Waals surface area contributed by atoms with Crippen LogP contribution >= 0.6 is 11.6 Å². The van der Waals surface area contributed by atoms with Gasteiger partial charge >= 0.3 is 11.9 Å². The predicted molar refractivity (Wildman–Crippen MR) is 89.4 cm³/mol. The van der Waals surface area contributed by atoms with Gasteiger partial charge in [0.2, 0.25) is 16.1 Å². The zero-order chi connectivity index (χ0) is 18.6. The summed E-state index contributed by atoms with van der Waals surface area (Å²) in [4.78, 5) is 24.0. The van der Waals surface area contributed by atoms with Gasteiger partial charge in [-0.15, -0.1) is 0 Å². The number of primary sulfonamides is 1. The van der Waals surface area contributed by atoms with Gasteiger partial charge in [0.15, 0.2) is 0 Å². The summed E-state index contributed by atoms with van der Waals surface area (Å²) in [5.41, 5.74) is 0.152. The molecule has 2 aromatic rings. The molecule has 0 fully saturated rings. The van der Waals surface area contributed by atoms with Crippen LogP contribution in [0.1, 0.15) is 22.0 Å². The third kappa shape index (κ3) is 4.56. The zero-order valence-corrected chi connectivity index (χ0v) is 14.6. The van der Waals surface area contributed by atoms with Gasteiger partial charge in [0.1, 0.15) is 0 Å². The van der Waals surface area contributed by atoms with Crippen LogP contribution in [0, 0.1) is 0 Å². The van der Waals surface area contributed by atoms with Gasteiger partial charge < -0.3 is 9.47 Å². The van der Waals surface area contributed by atoms with E-state index >= 15 is 0 Å². The van der Waals surface area contributed by atoms with Gasteiger partial charge in [-0.1, -0.05) is 41.9 Å². The molecule has 0 saturated heterocycles. The number of esters is 2. The van der Waals surface area contributed by atoms with Crippen LogP contribution in [-0.2, 0) is 24.3 Å². The molecule has 7 nitrogen and oxygen atoms in total. The van der Waals surface area contributed by atoms with Crippen LogP contribution in [0.2, 0.25) is 5.02 Å². The summed E-state index contributed by atoms with van der Waals surface area (Å²) < 4.78 is 32.7. The Bertz CT molecular complexity index is 898. The molecule has 0 aliphatic rings. The Kier molecular flexibility index (Phi) is 5.78. The average molecular weight is 384 g/mol. The maximum absolute atomic E-state index is 12.4. The van der Waals surface area contributed by atoms with E-state index < -0.39 is 28.1 Å². The summed E-state index contributed by atoms with van der Waals surface area (Å²) in [7, 11) is -2.88. The van der Waals surface area contributed by atoms with Gasteiger partial charge in [-0.25, -0.2) is 23.1 Å². The molecular formula is C16H14ClNO6S. The molecule has 0 spiro atoms. The van der Waals surface area contributed by atoms with Gasteiger partial charge in [-0.3, -0.25) is 0 Å². The van der Waals surface area contributed by atoms with E-state index in [0.717, 1.165) is 19.2 Å². The number of benzene rings is 2. The number of hydrogen-bond donors (Lipinski definition) is 1. The third-order valence-corrected chi connectivity index (χ3v) is 4.47. The smallest absolute Gasteiger partial charge is 0.351 e. The minimum atomic E-state index is -4.04. The predicted octanol–water partition coefficient (Wildman–Crippen LogP) is 2.06. The molecule has 0 amide bonds. The molecule has 1 unspecified atom stereocenters. The van der Waals surface area contributed by atoms with Gasteiger partial charge in [0.05, 0.1) is 22.6 Å². The molecule has 2 N–H and O–H groups in total. The van der Waals surface area contributed by atoms with Gasteiger partial charge in [-0.2, -0.15) is 0 Å². The Morgan fingerprint density at radius 1 is 1.12 bits per heavy atom. The molecule has 0 radical (unpaired) electrons. The van der Waals surface area contributed by atoms with Crippen LogP contribution < -0.4 is 5.14 Å². The van der Waals surface area contributed by atoms with Crippen LogP contribution in [0.3, 0.4) is 0 Å². The lowest BCUT2D eigenvalue weighted by Gasteiger charge is -2.16. The van der Waals surface area contributed by atoms with Crippen molar-refractivity contribution in [1.29, 1.82) is 0 Å². The highest BCUT2D eigenvalue weighted by Gasteiger charge is 2.27. The number of rotatable bonds is 5. The first-order valence-electron chi connectivity index (χ1n) is 6.90. The zero-order valence-electron chi connectivity index (χ0n) is 13.0. The van der Waals surface area contributed by atoms with Crippen LogP contribution in [0.5, 0.6) is 0 Å². The van der Waals surface area contributed by atoms with E-state index in [1.165, 1.54) is 6.07 Å². The molecule has 0 saturated carbocycles. The monoisotopic (exact) mass is 383 g/mol. The van der Waals surface area contributed by atoms with Crippen LogP contribution in [0.15, 0.2) is 53.4 Å². The van der Waals surface area contributed by atoms with Gasteiger partial charge in [-0.05, 0) is 18.2 Å². The van der Waals surface area contributed by atoms with Gasteiger partial charge in [0, 0.05) is 5.56 Å². The van der Waals surface area contributed by atoms with E-state index in [1.54, 1.807) is 30.3 Å². The highest BCUT2D eigenvalue weighted by Crippen LogP contribution is 2.25. The van der Waals surface area contributed by atoms with Crippen LogP contribution in [0.4, 0.5) is 0 Å². The number of carbonyl (C=O) groups excluding carboxylic acids is 2. The lowest BCUT2D eigenvalue weighted by atomic mass is 10.1. The van der Waals surface area contributed by atoms with Crippen molar-refractivity contribution < 1.29 is 27.5 Å². The Hall–Kier alpha value is -2.42. The highest BCUT2D eigenvalue weighted by molar-refractivity contribution is 7.89. The number of carbonyl (C=O) groups is 2. The second kappa shape index (κ2) is 7.64. The van der Waals surface area contributed by atoms with E-state index in [1.807, 2.05) is 0 Å². The van der Waals surface area contributed by atoms with Crippen molar-refractivity contribution in [3.8, 4) is 0 Å². The fourth-order valence-corrected chi connectivity index (χ4v) is 2.73. The number of nitrogens with two attached hydrogens (primary N) is 1. The van der Waals surface area contributed by atoms with Gasteiger partial charge in [0.25, 0.3) is 0 Å². The third-order valence-electron chi connectivity index (χ3n) is 3.23. The molecule has 0 bridgehead atoms. The maximum atomic E-state index is 12.4. The Labute approximate surface area is 149 Å². The Balaban J connectivity index is 2.38. The summed E-state index contributed by atoms with van der Waals surface area (Å²) in [6.07, 6.45) is -1.33. The maximum Gasteiger partial charge on any atom is 0.351 e. The second-order valence-corrected chi connectivity index (χ2v) is 6.87. The summed E-state index contributed by atoms with van der Waals surface area (Å²) >= 11 is 5.93. The number of halogens is 1. The minimum Gasteiger partial charge on any atom is -0.466 e. The second-order valence-electron chi connectivity index (χ2n) is 4.91. The lowest BCUT2D eigenvalue weighted by Crippen LogP contribution is -2.21. The molecule has 2 rings (SSSR count). The Morgan fingerprint density at radius 2 is 1.76 bits per heavy atom. The number of ether oxygens (including phenoxy) is 2. The number of hydrogen-bond acceptors (Lipinski definition) is 6. The number of sulfonamides is 1. The van der Waals surface area contributed by atoms with E-state index in [-0.39, 0.29) is 15.5 Å². The molecule has 0 heterocycles. The highest BCUT2D eigenvalue weighted by atomic mass is 35.5. The van der Waals surface area contributed by atoms with Crippen LogP contribution in [-0.4, -0.2) is 27.5 Å². The van der Waals surface area contributed by atoms with Crippen molar-refractivity contribution >= 4 is 33.6 Å². The lowest BCUT2D eigenvalue weighted by molar-refractivity contribution is -0.151. The first-order valence-corrected chi connectivity index (χ1v) is 8.82. The minimum absolute atomic E-state index is 0.0472. The fraction of sp³-hybridized carbons (Fsp3) is 0.125. The van der Waals surface area contributed by atoms with Crippen molar-refractivity contribution in [3.05, 3.63) is 64.7 Å². The van der Waals surface area contributed by atoms with Crippen molar-refractivity contribution in [2.75, 3.05) is 7.11 Å². The topological polar surface area (TPSA) is 113 Å². The SMILES string of the molecule is COC(=O)C(OC(=O)c1cc(S(N)(=O)=O)ccc1Cl)c1ccccc1. The fourth-order valence-electron chi connectivity index (χ4n) is 2.00. The van der Waals surface area contributed by atoms with E-state index in [2.05, 4.69) is 4.74 Å². The van der Waals surface area contributed by atoms with Crippen molar-refractivity contribution in [1.82, 2.24) is 0 Å². The average Bonchev–Trinajstić information content (AvgIpc) is 2.59. The molecule has 9 heteroatoms. The summed E-state index contributed by atoms with van der Waals surface area (Å²) in [6.45, 7) is 0. The molecule has 132 valence electrons. The first-order chi connectivity index (χ1) is 11.7. The summed E-state index contributed by atoms with van der Waals surface area (Å²) in [5.74, 6) is -1.78. The van der Waals surface area contributed by atoms with Crippen molar-refractivity contribution in [3.63, 3.8) is 0 Å². The van der Waals surface area contributed by atoms with Crippen molar-refractivity contribution in [2.45, 2.75) is 11.0 Å². The summed E-state index contributed by atoms with van der Waals surface area (Å²) in [6, 6.07) is 11.6. The Morgan fingerprint density at radius 3 is 2.32 bits per heavy atom. The summed E-state index contributed by atoms with van der Waals surface area (Å²) in [5, 5.41) is 4.99. The molecule has 0 aliphatic carbocycles. The molecule has 2 aromatic carbocycles. The standard InChI is InChI=1S/C16H14ClNO6S/c1-23-16(20)14(10-5-3-2-4-6-10)24-15(19)12-9-11(25(18,21)22)7-8-13(12)17/h2-9,14H,1H3,(H2,18,21,22). The molecule has 0 aromatic heterocycles. The normalized spacial score (nSPS) is 12.3.